The highest BCUT2D eigenvalue weighted by Crippen LogP contribution is 2.23. The molecule has 5 heteroatoms. The van der Waals surface area contributed by atoms with Gasteiger partial charge in [-0.25, -0.2) is 4.79 Å². The third-order valence-corrected chi connectivity index (χ3v) is 4.03. The molecule has 3 rings (SSSR count). The molecule has 0 saturated carbocycles. The molecule has 0 amide bonds. The van der Waals surface area contributed by atoms with Crippen LogP contribution in [0.25, 0.3) is 22.1 Å². The van der Waals surface area contributed by atoms with Crippen LogP contribution in [0.4, 0.5) is 0 Å². The fourth-order valence-corrected chi connectivity index (χ4v) is 2.62. The minimum atomic E-state index is -0.753. The molecule has 0 aliphatic carbocycles. The van der Waals surface area contributed by atoms with Crippen LogP contribution < -0.4 is 10.2 Å². The van der Waals surface area contributed by atoms with E-state index in [1.54, 1.807) is 25.1 Å². The highest BCUT2D eigenvalue weighted by Gasteiger charge is 2.18. The van der Waals surface area contributed by atoms with E-state index < -0.39 is 12.1 Å². The summed E-state index contributed by atoms with van der Waals surface area (Å²) in [5.74, 6) is 0.270. The van der Waals surface area contributed by atoms with E-state index in [0.717, 1.165) is 5.56 Å². The number of benzene rings is 2. The lowest BCUT2D eigenvalue weighted by atomic mass is 10.1. The van der Waals surface area contributed by atoms with Crippen LogP contribution in [0.2, 0.25) is 0 Å². The predicted octanol–water partition coefficient (Wildman–Crippen LogP) is 4.43. The van der Waals surface area contributed by atoms with Gasteiger partial charge in [-0.2, -0.15) is 0 Å². The Bertz CT molecular complexity index is 989. The van der Waals surface area contributed by atoms with Crippen LogP contribution in [-0.2, 0) is 9.53 Å². The Morgan fingerprint density at radius 1 is 1.07 bits per heavy atom. The van der Waals surface area contributed by atoms with Crippen LogP contribution in [0.5, 0.6) is 5.75 Å². The molecule has 1 heterocycles. The number of rotatable bonds is 6. The van der Waals surface area contributed by atoms with Gasteiger partial charge < -0.3 is 13.9 Å². The second kappa shape index (κ2) is 8.08. The standard InChI is InChI=1S/C22H22O5/c1-14(2)12-26-22(24)15(3)27-17-9-10-18-20(11-17)25-13-19(21(18)23)16-7-5-4-6-8-16/h4-11,13-15H,12H2,1-3H3. The van der Waals surface area contributed by atoms with Gasteiger partial charge in [0.25, 0.3) is 0 Å². The molecule has 1 aromatic heterocycles. The molecule has 0 N–H and O–H groups in total. The number of ether oxygens (including phenoxy) is 2. The Morgan fingerprint density at radius 3 is 2.52 bits per heavy atom. The van der Waals surface area contributed by atoms with Gasteiger partial charge in [-0.15, -0.1) is 0 Å². The summed E-state index contributed by atoms with van der Waals surface area (Å²) in [6, 6.07) is 14.3. The molecule has 140 valence electrons. The van der Waals surface area contributed by atoms with E-state index in [1.807, 2.05) is 44.2 Å². The first-order valence-electron chi connectivity index (χ1n) is 8.90. The second-order valence-corrected chi connectivity index (χ2v) is 6.79. The van der Waals surface area contributed by atoms with Gasteiger partial charge in [0.15, 0.2) is 11.5 Å². The van der Waals surface area contributed by atoms with Crippen molar-refractivity contribution >= 4 is 16.9 Å². The van der Waals surface area contributed by atoms with Gasteiger partial charge >= 0.3 is 5.97 Å². The summed E-state index contributed by atoms with van der Waals surface area (Å²) in [6.07, 6.45) is 0.695. The normalized spacial score (nSPS) is 12.1. The molecular weight excluding hydrogens is 344 g/mol. The van der Waals surface area contributed by atoms with E-state index in [-0.39, 0.29) is 11.3 Å². The molecule has 1 unspecified atom stereocenters. The van der Waals surface area contributed by atoms with E-state index in [9.17, 15) is 9.59 Å². The summed E-state index contributed by atoms with van der Waals surface area (Å²) in [5.41, 5.74) is 1.59. The van der Waals surface area contributed by atoms with Crippen LogP contribution >= 0.6 is 0 Å². The van der Waals surface area contributed by atoms with Crippen LogP contribution in [0.3, 0.4) is 0 Å². The molecule has 2 aromatic carbocycles. The first-order valence-corrected chi connectivity index (χ1v) is 8.90. The number of esters is 1. The van der Waals surface area contributed by atoms with Crippen molar-refractivity contribution in [3.8, 4) is 16.9 Å². The summed E-state index contributed by atoms with van der Waals surface area (Å²) >= 11 is 0. The third kappa shape index (κ3) is 4.37. The van der Waals surface area contributed by atoms with Gasteiger partial charge in [-0.3, -0.25) is 4.79 Å². The highest BCUT2D eigenvalue weighted by molar-refractivity contribution is 5.82. The highest BCUT2D eigenvalue weighted by atomic mass is 16.6. The SMILES string of the molecule is CC(C)COC(=O)C(C)Oc1ccc2c(=O)c(-c3ccccc3)coc2c1. The smallest absolute Gasteiger partial charge is 0.347 e. The van der Waals surface area contributed by atoms with Crippen molar-refractivity contribution in [1.82, 2.24) is 0 Å². The summed E-state index contributed by atoms with van der Waals surface area (Å²) in [6.45, 7) is 5.91. The summed E-state index contributed by atoms with van der Waals surface area (Å²) in [5, 5.41) is 0.457. The van der Waals surface area contributed by atoms with Gasteiger partial charge in [0, 0.05) is 6.07 Å². The third-order valence-electron chi connectivity index (χ3n) is 4.03. The minimum Gasteiger partial charge on any atom is -0.479 e. The lowest BCUT2D eigenvalue weighted by Gasteiger charge is -2.15. The Kier molecular flexibility index (Phi) is 5.60. The fraction of sp³-hybridized carbons (Fsp3) is 0.273. The number of fused-ring (bicyclic) bond motifs is 1. The van der Waals surface area contributed by atoms with Crippen molar-refractivity contribution in [2.45, 2.75) is 26.9 Å². The van der Waals surface area contributed by atoms with Crippen molar-refractivity contribution in [3.63, 3.8) is 0 Å². The lowest BCUT2D eigenvalue weighted by Crippen LogP contribution is -2.27. The zero-order chi connectivity index (χ0) is 19.4. The maximum absolute atomic E-state index is 12.7. The largest absolute Gasteiger partial charge is 0.479 e. The fourth-order valence-electron chi connectivity index (χ4n) is 2.62. The molecule has 0 spiro atoms. The Hall–Kier alpha value is -3.08. The monoisotopic (exact) mass is 366 g/mol. The van der Waals surface area contributed by atoms with E-state index in [2.05, 4.69) is 0 Å². The quantitative estimate of drug-likeness (QED) is 0.604. The lowest BCUT2D eigenvalue weighted by molar-refractivity contribution is -0.152. The maximum atomic E-state index is 12.7. The van der Waals surface area contributed by atoms with Crippen LogP contribution in [0.15, 0.2) is 64.0 Å². The van der Waals surface area contributed by atoms with Gasteiger partial charge in [0.2, 0.25) is 0 Å². The number of hydrogen-bond donors (Lipinski definition) is 0. The van der Waals surface area contributed by atoms with E-state index >= 15 is 0 Å². The second-order valence-electron chi connectivity index (χ2n) is 6.79. The van der Waals surface area contributed by atoms with Crippen molar-refractivity contribution in [3.05, 3.63) is 65.0 Å². The van der Waals surface area contributed by atoms with Gasteiger partial charge in [-0.05, 0) is 30.5 Å². The average molecular weight is 366 g/mol. The molecule has 1 atom stereocenters. The Morgan fingerprint density at radius 2 is 1.81 bits per heavy atom. The topological polar surface area (TPSA) is 65.7 Å². The zero-order valence-corrected chi connectivity index (χ0v) is 15.6. The molecule has 5 nitrogen and oxygen atoms in total. The predicted molar refractivity (Wildman–Crippen MR) is 104 cm³/mol. The van der Waals surface area contributed by atoms with E-state index in [1.165, 1.54) is 6.26 Å². The zero-order valence-electron chi connectivity index (χ0n) is 15.6. The number of carbonyl (C=O) groups excluding carboxylic acids is 1. The minimum absolute atomic E-state index is 0.113. The Labute approximate surface area is 157 Å². The first kappa shape index (κ1) is 18.7. The van der Waals surface area contributed by atoms with Gasteiger partial charge in [0.05, 0.1) is 17.6 Å². The molecule has 0 fully saturated rings. The summed E-state index contributed by atoms with van der Waals surface area (Å²) < 4.78 is 16.4. The van der Waals surface area contributed by atoms with E-state index in [4.69, 9.17) is 13.9 Å². The maximum Gasteiger partial charge on any atom is 0.347 e. The van der Waals surface area contributed by atoms with Crippen LogP contribution in [0, 0.1) is 5.92 Å². The average Bonchev–Trinajstić information content (AvgIpc) is 2.67. The first-order chi connectivity index (χ1) is 13.0. The van der Waals surface area contributed by atoms with Gasteiger partial charge in [-0.1, -0.05) is 44.2 Å². The van der Waals surface area contributed by atoms with Crippen LogP contribution in [-0.4, -0.2) is 18.7 Å². The van der Waals surface area contributed by atoms with Gasteiger partial charge in [0.1, 0.15) is 17.6 Å². The van der Waals surface area contributed by atoms with Crippen molar-refractivity contribution < 1.29 is 18.7 Å². The van der Waals surface area contributed by atoms with E-state index in [0.29, 0.717) is 28.9 Å². The molecule has 0 radical (unpaired) electrons. The molecule has 0 aliphatic heterocycles. The molecule has 3 aromatic rings. The number of hydrogen-bond acceptors (Lipinski definition) is 5. The molecular formula is C22H22O5. The molecule has 0 saturated heterocycles. The van der Waals surface area contributed by atoms with Crippen molar-refractivity contribution in [2.75, 3.05) is 6.61 Å². The van der Waals surface area contributed by atoms with Crippen LogP contribution in [0.1, 0.15) is 20.8 Å². The summed E-state index contributed by atoms with van der Waals surface area (Å²) in [7, 11) is 0. The molecule has 0 bridgehead atoms. The Balaban J connectivity index is 1.82. The number of carbonyl (C=O) groups is 1. The molecule has 0 aliphatic rings. The summed E-state index contributed by atoms with van der Waals surface area (Å²) in [4.78, 5) is 24.7. The molecule has 27 heavy (non-hydrogen) atoms. The van der Waals surface area contributed by atoms with Crippen molar-refractivity contribution in [2.24, 2.45) is 5.92 Å². The van der Waals surface area contributed by atoms with Crippen molar-refractivity contribution in [1.29, 1.82) is 0 Å².